The lowest BCUT2D eigenvalue weighted by atomic mass is 9.84. The van der Waals surface area contributed by atoms with Crippen molar-refractivity contribution in [1.29, 1.82) is 0 Å². The smallest absolute Gasteiger partial charge is 0.250 e. The first-order valence-corrected chi connectivity index (χ1v) is 9.85. The van der Waals surface area contributed by atoms with Crippen molar-refractivity contribution in [2.45, 2.75) is 24.6 Å². The molecule has 4 rings (SSSR count). The number of rotatable bonds is 3. The van der Waals surface area contributed by atoms with Gasteiger partial charge in [0.1, 0.15) is 0 Å². The molecule has 126 valence electrons. The molecule has 2 aromatic rings. The van der Waals surface area contributed by atoms with Crippen molar-refractivity contribution < 1.29 is 8.42 Å². The second-order valence-electron chi connectivity index (χ2n) is 6.76. The van der Waals surface area contributed by atoms with Gasteiger partial charge in [0, 0.05) is 37.3 Å². The molecule has 6 heteroatoms. The molecule has 5 nitrogen and oxygen atoms in total. The SMILES string of the molecule is O=c1cccc2n1C[C@@H]1C[C@H]2CN(S(=O)(=O)Cc2ccccc2)C1. The third-order valence-electron chi connectivity index (χ3n) is 5.03. The summed E-state index contributed by atoms with van der Waals surface area (Å²) in [7, 11) is -3.35. The average molecular weight is 344 g/mol. The van der Waals surface area contributed by atoms with E-state index in [1.165, 1.54) is 0 Å². The van der Waals surface area contributed by atoms with E-state index in [9.17, 15) is 13.2 Å². The number of hydrogen-bond donors (Lipinski definition) is 0. The van der Waals surface area contributed by atoms with Crippen molar-refractivity contribution in [1.82, 2.24) is 8.87 Å². The highest BCUT2D eigenvalue weighted by Gasteiger charge is 2.38. The normalized spacial score (nSPS) is 23.7. The van der Waals surface area contributed by atoms with Crippen LogP contribution in [-0.4, -0.2) is 30.4 Å². The van der Waals surface area contributed by atoms with E-state index in [4.69, 9.17) is 0 Å². The Morgan fingerprint density at radius 2 is 1.75 bits per heavy atom. The molecule has 1 saturated heterocycles. The van der Waals surface area contributed by atoms with Gasteiger partial charge in [0.25, 0.3) is 5.56 Å². The van der Waals surface area contributed by atoms with E-state index >= 15 is 0 Å². The van der Waals surface area contributed by atoms with Gasteiger partial charge in [0.05, 0.1) is 5.75 Å². The second-order valence-corrected chi connectivity index (χ2v) is 8.73. The number of piperidine rings is 1. The van der Waals surface area contributed by atoms with Gasteiger partial charge in [-0.2, -0.15) is 0 Å². The monoisotopic (exact) mass is 344 g/mol. The number of hydrogen-bond acceptors (Lipinski definition) is 3. The van der Waals surface area contributed by atoms with Crippen molar-refractivity contribution in [3.05, 3.63) is 70.1 Å². The number of sulfonamides is 1. The van der Waals surface area contributed by atoms with Crippen molar-refractivity contribution in [3.63, 3.8) is 0 Å². The van der Waals surface area contributed by atoms with E-state index < -0.39 is 10.0 Å². The molecule has 3 heterocycles. The fraction of sp³-hybridized carbons (Fsp3) is 0.389. The van der Waals surface area contributed by atoms with E-state index in [0.29, 0.717) is 19.6 Å². The lowest BCUT2D eigenvalue weighted by molar-refractivity contribution is 0.186. The van der Waals surface area contributed by atoms with E-state index in [-0.39, 0.29) is 23.1 Å². The van der Waals surface area contributed by atoms with Crippen LogP contribution in [0.3, 0.4) is 0 Å². The minimum atomic E-state index is -3.35. The largest absolute Gasteiger partial charge is 0.312 e. The van der Waals surface area contributed by atoms with Gasteiger partial charge in [-0.1, -0.05) is 36.4 Å². The molecule has 0 amide bonds. The fourth-order valence-electron chi connectivity index (χ4n) is 3.96. The van der Waals surface area contributed by atoms with Crippen LogP contribution >= 0.6 is 0 Å². The van der Waals surface area contributed by atoms with Crippen molar-refractivity contribution in [2.24, 2.45) is 5.92 Å². The number of fused-ring (bicyclic) bond motifs is 4. The molecule has 2 aliphatic rings. The third kappa shape index (κ3) is 2.80. The second kappa shape index (κ2) is 5.86. The summed E-state index contributed by atoms with van der Waals surface area (Å²) in [5.74, 6) is 0.355. The number of pyridine rings is 1. The Balaban J connectivity index is 1.61. The summed E-state index contributed by atoms with van der Waals surface area (Å²) in [5, 5.41) is 0. The molecule has 1 fully saturated rings. The summed E-state index contributed by atoms with van der Waals surface area (Å²) in [6, 6.07) is 14.6. The average Bonchev–Trinajstić information content (AvgIpc) is 2.56. The summed E-state index contributed by atoms with van der Waals surface area (Å²) >= 11 is 0. The van der Waals surface area contributed by atoms with Gasteiger partial charge in [-0.25, -0.2) is 12.7 Å². The molecule has 0 aliphatic carbocycles. The van der Waals surface area contributed by atoms with Crippen LogP contribution in [0.25, 0.3) is 0 Å². The van der Waals surface area contributed by atoms with Gasteiger partial charge in [-0.05, 0) is 24.0 Å². The molecule has 2 atom stereocenters. The molecule has 0 spiro atoms. The van der Waals surface area contributed by atoms with Crippen LogP contribution in [0.2, 0.25) is 0 Å². The fourth-order valence-corrected chi connectivity index (χ4v) is 5.60. The molecule has 2 aliphatic heterocycles. The third-order valence-corrected chi connectivity index (χ3v) is 6.81. The molecule has 0 N–H and O–H groups in total. The maximum absolute atomic E-state index is 12.8. The quantitative estimate of drug-likeness (QED) is 0.853. The first kappa shape index (κ1) is 15.6. The maximum Gasteiger partial charge on any atom is 0.250 e. The predicted molar refractivity (Wildman–Crippen MR) is 92.2 cm³/mol. The molecular formula is C18H20N2O3S. The van der Waals surface area contributed by atoms with Crippen LogP contribution < -0.4 is 5.56 Å². The molecule has 0 radical (unpaired) electrons. The van der Waals surface area contributed by atoms with E-state index in [1.54, 1.807) is 16.4 Å². The molecule has 1 aromatic heterocycles. The molecule has 0 unspecified atom stereocenters. The van der Waals surface area contributed by atoms with E-state index in [1.807, 2.05) is 41.0 Å². The Kier molecular flexibility index (Phi) is 3.81. The Bertz CT molecular complexity index is 905. The zero-order valence-electron chi connectivity index (χ0n) is 13.3. The van der Waals surface area contributed by atoms with Crippen LogP contribution in [0, 0.1) is 5.92 Å². The van der Waals surface area contributed by atoms with Gasteiger partial charge in [-0.3, -0.25) is 4.79 Å². The minimum Gasteiger partial charge on any atom is -0.312 e. The zero-order valence-corrected chi connectivity index (χ0v) is 14.2. The van der Waals surface area contributed by atoms with Gasteiger partial charge >= 0.3 is 0 Å². The molecular weight excluding hydrogens is 324 g/mol. The highest BCUT2D eigenvalue weighted by Crippen LogP contribution is 2.36. The standard InChI is InChI=1S/C18H20N2O3S/c21-18-8-4-7-17-16-9-15(11-20(17)18)10-19(12-16)24(22,23)13-14-5-2-1-3-6-14/h1-8,15-16H,9-13H2/t15-,16+/m1/s1. The van der Waals surface area contributed by atoms with Crippen molar-refractivity contribution in [2.75, 3.05) is 13.1 Å². The Morgan fingerprint density at radius 1 is 0.958 bits per heavy atom. The predicted octanol–water partition coefficient (Wildman–Crippen LogP) is 1.80. The van der Waals surface area contributed by atoms with Crippen molar-refractivity contribution >= 4 is 10.0 Å². The molecule has 2 bridgehead atoms. The Morgan fingerprint density at radius 3 is 2.54 bits per heavy atom. The summed E-state index contributed by atoms with van der Waals surface area (Å²) < 4.78 is 29.1. The zero-order chi connectivity index (χ0) is 16.7. The van der Waals surface area contributed by atoms with Gasteiger partial charge in [0.2, 0.25) is 10.0 Å². The lowest BCUT2D eigenvalue weighted by Crippen LogP contribution is -2.49. The number of benzene rings is 1. The van der Waals surface area contributed by atoms with Crippen molar-refractivity contribution in [3.8, 4) is 0 Å². The Hall–Kier alpha value is -1.92. The van der Waals surface area contributed by atoms with Crippen LogP contribution in [0.4, 0.5) is 0 Å². The summed E-state index contributed by atoms with van der Waals surface area (Å²) in [5.41, 5.74) is 1.80. The summed E-state index contributed by atoms with van der Waals surface area (Å²) in [6.45, 7) is 1.59. The van der Waals surface area contributed by atoms with E-state index in [0.717, 1.165) is 17.7 Å². The first-order chi connectivity index (χ1) is 11.5. The molecule has 0 saturated carbocycles. The molecule has 24 heavy (non-hydrogen) atoms. The summed E-state index contributed by atoms with van der Waals surface area (Å²) in [6.07, 6.45) is 0.959. The maximum atomic E-state index is 12.8. The van der Waals surface area contributed by atoms with Crippen LogP contribution in [0.15, 0.2) is 53.3 Å². The molecule has 1 aromatic carbocycles. The highest BCUT2D eigenvalue weighted by atomic mass is 32.2. The minimum absolute atomic E-state index is 0.0165. The van der Waals surface area contributed by atoms with Crippen LogP contribution in [0.1, 0.15) is 23.6 Å². The van der Waals surface area contributed by atoms with Gasteiger partial charge in [-0.15, -0.1) is 0 Å². The Labute approximate surface area is 141 Å². The van der Waals surface area contributed by atoms with Crippen LogP contribution in [-0.2, 0) is 22.3 Å². The number of aromatic nitrogens is 1. The van der Waals surface area contributed by atoms with Gasteiger partial charge in [0.15, 0.2) is 0 Å². The summed E-state index contributed by atoms with van der Waals surface area (Å²) in [4.78, 5) is 12.0. The highest BCUT2D eigenvalue weighted by molar-refractivity contribution is 7.88. The topological polar surface area (TPSA) is 59.4 Å². The van der Waals surface area contributed by atoms with Gasteiger partial charge < -0.3 is 4.57 Å². The number of nitrogens with zero attached hydrogens (tertiary/aromatic N) is 2. The van der Waals surface area contributed by atoms with E-state index in [2.05, 4.69) is 0 Å². The van der Waals surface area contributed by atoms with Crippen LogP contribution in [0.5, 0.6) is 0 Å². The first-order valence-electron chi connectivity index (χ1n) is 8.24. The lowest BCUT2D eigenvalue weighted by Gasteiger charge is -2.42.